The summed E-state index contributed by atoms with van der Waals surface area (Å²) in [6.45, 7) is 3.79. The lowest BCUT2D eigenvalue weighted by atomic mass is 10.2. The maximum atomic E-state index is 4.63. The first-order valence-corrected chi connectivity index (χ1v) is 7.66. The zero-order chi connectivity index (χ0) is 12.4. The SMILES string of the molecule is C=CC1=CC(CSc2nc3ccccc3s2)C=C1. The van der Waals surface area contributed by atoms with Crippen LogP contribution in [0.1, 0.15) is 0 Å². The third-order valence-corrected chi connectivity index (χ3v) is 5.18. The van der Waals surface area contributed by atoms with Crippen molar-refractivity contribution in [1.29, 1.82) is 0 Å². The van der Waals surface area contributed by atoms with Crippen LogP contribution in [-0.2, 0) is 0 Å². The van der Waals surface area contributed by atoms with Crippen LogP contribution in [0.4, 0.5) is 0 Å². The van der Waals surface area contributed by atoms with Crippen LogP contribution >= 0.6 is 23.1 Å². The summed E-state index contributed by atoms with van der Waals surface area (Å²) in [7, 11) is 0. The molecule has 1 aromatic carbocycles. The molecule has 0 fully saturated rings. The molecule has 3 rings (SSSR count). The summed E-state index contributed by atoms with van der Waals surface area (Å²) >= 11 is 3.61. The molecule has 1 aliphatic rings. The van der Waals surface area contributed by atoms with E-state index in [9.17, 15) is 0 Å². The van der Waals surface area contributed by atoms with Gasteiger partial charge in [-0.05, 0) is 17.7 Å². The Labute approximate surface area is 115 Å². The minimum Gasteiger partial charge on any atom is -0.230 e. The van der Waals surface area contributed by atoms with E-state index in [1.54, 1.807) is 11.3 Å². The maximum absolute atomic E-state index is 4.63. The molecule has 90 valence electrons. The smallest absolute Gasteiger partial charge is 0.151 e. The molecule has 1 heterocycles. The molecule has 0 saturated heterocycles. The van der Waals surface area contributed by atoms with Gasteiger partial charge in [0.15, 0.2) is 4.34 Å². The molecule has 0 spiro atoms. The van der Waals surface area contributed by atoms with Crippen molar-refractivity contribution in [3.63, 3.8) is 0 Å². The third kappa shape index (κ3) is 2.42. The van der Waals surface area contributed by atoms with Crippen molar-refractivity contribution >= 4 is 33.3 Å². The van der Waals surface area contributed by atoms with Crippen LogP contribution in [-0.4, -0.2) is 10.7 Å². The van der Waals surface area contributed by atoms with Gasteiger partial charge in [-0.3, -0.25) is 0 Å². The molecule has 18 heavy (non-hydrogen) atoms. The lowest BCUT2D eigenvalue weighted by molar-refractivity contribution is 0.972. The number of thioether (sulfide) groups is 1. The molecule has 1 unspecified atom stereocenters. The Balaban J connectivity index is 1.69. The summed E-state index contributed by atoms with van der Waals surface area (Å²) in [4.78, 5) is 4.63. The number of hydrogen-bond donors (Lipinski definition) is 0. The zero-order valence-electron chi connectivity index (χ0n) is 9.87. The zero-order valence-corrected chi connectivity index (χ0v) is 11.5. The van der Waals surface area contributed by atoms with Gasteiger partial charge in [0, 0.05) is 11.7 Å². The normalized spacial score (nSPS) is 18.2. The van der Waals surface area contributed by atoms with E-state index in [0.717, 1.165) is 15.6 Å². The number of fused-ring (bicyclic) bond motifs is 1. The molecule has 0 radical (unpaired) electrons. The van der Waals surface area contributed by atoms with Crippen molar-refractivity contribution in [3.8, 4) is 0 Å². The summed E-state index contributed by atoms with van der Waals surface area (Å²) in [5, 5.41) is 0. The Kier molecular flexibility index (Phi) is 3.35. The lowest BCUT2D eigenvalue weighted by Gasteiger charge is -2.01. The second kappa shape index (κ2) is 5.12. The van der Waals surface area contributed by atoms with Gasteiger partial charge in [-0.15, -0.1) is 11.3 Å². The van der Waals surface area contributed by atoms with Gasteiger partial charge in [0.05, 0.1) is 10.2 Å². The number of hydrogen-bond acceptors (Lipinski definition) is 3. The molecular formula is C15H13NS2. The maximum Gasteiger partial charge on any atom is 0.151 e. The van der Waals surface area contributed by atoms with Gasteiger partial charge >= 0.3 is 0 Å². The minimum absolute atomic E-state index is 0.509. The van der Waals surface area contributed by atoms with Crippen LogP contribution in [0.5, 0.6) is 0 Å². The van der Waals surface area contributed by atoms with E-state index >= 15 is 0 Å². The fourth-order valence-electron chi connectivity index (χ4n) is 1.91. The summed E-state index contributed by atoms with van der Waals surface area (Å²) in [5.41, 5.74) is 2.33. The third-order valence-electron chi connectivity index (χ3n) is 2.85. The molecule has 1 atom stereocenters. The molecule has 0 N–H and O–H groups in total. The van der Waals surface area contributed by atoms with Gasteiger partial charge in [0.1, 0.15) is 0 Å². The van der Waals surface area contributed by atoms with Crippen LogP contribution in [0.2, 0.25) is 0 Å². The highest BCUT2D eigenvalue weighted by Crippen LogP contribution is 2.32. The number of allylic oxidation sites excluding steroid dienone is 5. The molecule has 0 saturated carbocycles. The van der Waals surface area contributed by atoms with Crippen molar-refractivity contribution < 1.29 is 0 Å². The van der Waals surface area contributed by atoms with E-state index in [1.165, 1.54) is 10.3 Å². The van der Waals surface area contributed by atoms with Crippen molar-refractivity contribution in [1.82, 2.24) is 4.98 Å². The van der Waals surface area contributed by atoms with E-state index in [2.05, 4.69) is 48.0 Å². The standard InChI is InChI=1S/C15H13NS2/c1-2-11-7-8-12(9-11)10-17-15-16-13-5-3-4-6-14(13)18-15/h2-9,12H,1,10H2. The highest BCUT2D eigenvalue weighted by Gasteiger charge is 2.10. The first kappa shape index (κ1) is 11.8. The molecule has 3 heteroatoms. The molecule has 1 aliphatic carbocycles. The highest BCUT2D eigenvalue weighted by molar-refractivity contribution is 8.01. The average Bonchev–Trinajstić information content (AvgIpc) is 3.02. The Bertz CT molecular complexity index is 604. The van der Waals surface area contributed by atoms with Gasteiger partial charge in [-0.1, -0.05) is 54.8 Å². The Morgan fingerprint density at radius 3 is 3.06 bits per heavy atom. The van der Waals surface area contributed by atoms with Crippen LogP contribution in [0.3, 0.4) is 0 Å². The van der Waals surface area contributed by atoms with Gasteiger partial charge in [0.25, 0.3) is 0 Å². The number of nitrogens with zero attached hydrogens (tertiary/aromatic N) is 1. The summed E-state index contributed by atoms with van der Waals surface area (Å²) in [6, 6.07) is 8.30. The van der Waals surface area contributed by atoms with Crippen LogP contribution < -0.4 is 0 Å². The first-order valence-electron chi connectivity index (χ1n) is 5.86. The van der Waals surface area contributed by atoms with Gasteiger partial charge in [0.2, 0.25) is 0 Å². The van der Waals surface area contributed by atoms with E-state index in [4.69, 9.17) is 0 Å². The summed E-state index contributed by atoms with van der Waals surface area (Å²) < 4.78 is 2.43. The molecular weight excluding hydrogens is 258 g/mol. The lowest BCUT2D eigenvalue weighted by Crippen LogP contribution is -1.92. The number of thiazole rings is 1. The largest absolute Gasteiger partial charge is 0.230 e. The Morgan fingerprint density at radius 1 is 1.39 bits per heavy atom. The van der Waals surface area contributed by atoms with Crippen molar-refractivity contribution in [2.75, 3.05) is 5.75 Å². The summed E-state index contributed by atoms with van der Waals surface area (Å²) in [6.07, 6.45) is 8.53. The highest BCUT2D eigenvalue weighted by atomic mass is 32.2. The topological polar surface area (TPSA) is 12.9 Å². The monoisotopic (exact) mass is 271 g/mol. The van der Waals surface area contributed by atoms with Crippen LogP contribution in [0.25, 0.3) is 10.2 Å². The van der Waals surface area contributed by atoms with Crippen LogP contribution in [0.15, 0.2) is 65.1 Å². The molecule has 0 aliphatic heterocycles. The van der Waals surface area contributed by atoms with E-state index in [1.807, 2.05) is 23.9 Å². The molecule has 2 aromatic rings. The predicted molar refractivity (Wildman–Crippen MR) is 81.3 cm³/mol. The number of rotatable bonds is 4. The van der Waals surface area contributed by atoms with Crippen molar-refractivity contribution in [2.45, 2.75) is 4.34 Å². The van der Waals surface area contributed by atoms with Gasteiger partial charge < -0.3 is 0 Å². The van der Waals surface area contributed by atoms with Crippen LogP contribution in [0, 0.1) is 5.92 Å². The number of para-hydroxylation sites is 1. The van der Waals surface area contributed by atoms with E-state index in [0.29, 0.717) is 5.92 Å². The Hall–Kier alpha value is -1.32. The summed E-state index contributed by atoms with van der Waals surface area (Å²) in [5.74, 6) is 1.56. The second-order valence-electron chi connectivity index (χ2n) is 4.15. The molecule has 0 amide bonds. The fourth-order valence-corrected chi connectivity index (χ4v) is 4.02. The number of benzene rings is 1. The average molecular weight is 271 g/mol. The number of aromatic nitrogens is 1. The van der Waals surface area contributed by atoms with E-state index < -0.39 is 0 Å². The predicted octanol–water partition coefficient (Wildman–Crippen LogP) is 4.69. The van der Waals surface area contributed by atoms with Gasteiger partial charge in [-0.25, -0.2) is 4.98 Å². The quantitative estimate of drug-likeness (QED) is 0.748. The van der Waals surface area contributed by atoms with Gasteiger partial charge in [-0.2, -0.15) is 0 Å². The second-order valence-corrected chi connectivity index (χ2v) is 6.45. The fraction of sp³-hybridized carbons (Fsp3) is 0.133. The van der Waals surface area contributed by atoms with Crippen molar-refractivity contribution in [2.24, 2.45) is 5.92 Å². The molecule has 0 bridgehead atoms. The van der Waals surface area contributed by atoms with E-state index in [-0.39, 0.29) is 0 Å². The molecule has 1 aromatic heterocycles. The van der Waals surface area contributed by atoms with Crippen molar-refractivity contribution in [3.05, 3.63) is 60.7 Å². The Morgan fingerprint density at radius 2 is 2.28 bits per heavy atom. The minimum atomic E-state index is 0.509. The molecule has 1 nitrogen and oxygen atoms in total. The first-order chi connectivity index (χ1) is 8.85.